The molecule has 27 heavy (non-hydrogen) atoms. The Morgan fingerprint density at radius 1 is 0.704 bits per heavy atom. The Morgan fingerprint density at radius 2 is 1.15 bits per heavy atom. The van der Waals surface area contributed by atoms with Gasteiger partial charge in [0, 0.05) is 0 Å². The summed E-state index contributed by atoms with van der Waals surface area (Å²) in [5.74, 6) is 0. The van der Waals surface area contributed by atoms with Crippen molar-refractivity contribution in [3.05, 3.63) is 76.4 Å². The molecule has 3 aromatic rings. The highest BCUT2D eigenvalue weighted by Crippen LogP contribution is 2.24. The molecule has 0 saturated heterocycles. The second-order valence-electron chi connectivity index (χ2n) is 7.51. The molecule has 0 aliphatic rings. The maximum absolute atomic E-state index is 2.33. The molecule has 0 aliphatic heterocycles. The molecule has 0 spiro atoms. The standard InChI is InChI=1S/C25H33N2/c1-7-20-13-18(5)14-21(8-2)24(20)26-11-12-27(17-26)25-22(9-3)15-19(6)16-23(25)10-4/h11-17H,7-10H2,1-6H3/q+1. The van der Waals surface area contributed by atoms with Crippen molar-refractivity contribution in [1.82, 2.24) is 4.57 Å². The first-order chi connectivity index (χ1) is 13.0. The van der Waals surface area contributed by atoms with Crippen molar-refractivity contribution in [3.8, 4) is 11.4 Å². The van der Waals surface area contributed by atoms with Gasteiger partial charge >= 0.3 is 0 Å². The Morgan fingerprint density at radius 3 is 1.59 bits per heavy atom. The van der Waals surface area contributed by atoms with Crippen LogP contribution in [0.1, 0.15) is 61.1 Å². The van der Waals surface area contributed by atoms with Crippen LogP contribution < -0.4 is 4.57 Å². The molecule has 0 aliphatic carbocycles. The normalized spacial score (nSPS) is 11.2. The van der Waals surface area contributed by atoms with Crippen molar-refractivity contribution in [2.24, 2.45) is 0 Å². The highest BCUT2D eigenvalue weighted by Gasteiger charge is 2.19. The molecule has 2 aromatic carbocycles. The zero-order valence-corrected chi connectivity index (χ0v) is 17.8. The highest BCUT2D eigenvalue weighted by molar-refractivity contribution is 5.51. The summed E-state index contributed by atoms with van der Waals surface area (Å²) >= 11 is 0. The fourth-order valence-electron chi connectivity index (χ4n) is 4.23. The number of hydrogen-bond donors (Lipinski definition) is 0. The van der Waals surface area contributed by atoms with E-state index in [1.165, 1.54) is 44.8 Å². The molecule has 0 radical (unpaired) electrons. The average Bonchev–Trinajstić information content (AvgIpc) is 3.15. The molecule has 142 valence electrons. The van der Waals surface area contributed by atoms with Crippen molar-refractivity contribution < 1.29 is 4.57 Å². The highest BCUT2D eigenvalue weighted by atomic mass is 15.1. The number of imidazole rings is 1. The van der Waals surface area contributed by atoms with E-state index in [4.69, 9.17) is 0 Å². The van der Waals surface area contributed by atoms with Gasteiger partial charge in [0.15, 0.2) is 0 Å². The molecule has 0 saturated carbocycles. The lowest BCUT2D eigenvalue weighted by Crippen LogP contribution is -2.31. The average molecular weight is 362 g/mol. The van der Waals surface area contributed by atoms with Crippen molar-refractivity contribution in [1.29, 1.82) is 0 Å². The van der Waals surface area contributed by atoms with Crippen LogP contribution in [-0.4, -0.2) is 4.57 Å². The number of nitrogens with zero attached hydrogens (tertiary/aromatic N) is 2. The van der Waals surface area contributed by atoms with Crippen molar-refractivity contribution >= 4 is 0 Å². The van der Waals surface area contributed by atoms with Crippen LogP contribution in [0.5, 0.6) is 0 Å². The predicted octanol–water partition coefficient (Wildman–Crippen LogP) is 5.62. The molecular formula is C25H33N2+. The Labute approximate surface area is 164 Å². The van der Waals surface area contributed by atoms with E-state index in [0.29, 0.717) is 0 Å². The molecule has 1 heterocycles. The van der Waals surface area contributed by atoms with Crippen LogP contribution in [0.3, 0.4) is 0 Å². The Balaban J connectivity index is 2.18. The second-order valence-corrected chi connectivity index (χ2v) is 7.51. The number of hydrogen-bond acceptors (Lipinski definition) is 0. The third kappa shape index (κ3) is 3.71. The van der Waals surface area contributed by atoms with Crippen LogP contribution >= 0.6 is 0 Å². The number of aryl methyl sites for hydroxylation is 6. The van der Waals surface area contributed by atoms with Gasteiger partial charge in [-0.2, -0.15) is 0 Å². The van der Waals surface area contributed by atoms with Gasteiger partial charge in [-0.15, -0.1) is 0 Å². The van der Waals surface area contributed by atoms with Crippen LogP contribution in [0.25, 0.3) is 11.4 Å². The summed E-state index contributed by atoms with van der Waals surface area (Å²) in [6.45, 7) is 13.4. The first-order valence-corrected chi connectivity index (χ1v) is 10.4. The van der Waals surface area contributed by atoms with Crippen LogP contribution in [0, 0.1) is 13.8 Å². The Kier molecular flexibility index (Phi) is 5.84. The maximum atomic E-state index is 2.33. The van der Waals surface area contributed by atoms with Gasteiger partial charge < -0.3 is 0 Å². The van der Waals surface area contributed by atoms with Crippen LogP contribution in [-0.2, 0) is 25.7 Å². The van der Waals surface area contributed by atoms with E-state index in [9.17, 15) is 0 Å². The third-order valence-corrected chi connectivity index (χ3v) is 5.50. The van der Waals surface area contributed by atoms with E-state index in [-0.39, 0.29) is 0 Å². The van der Waals surface area contributed by atoms with Gasteiger partial charge in [-0.05, 0) is 61.8 Å². The van der Waals surface area contributed by atoms with Gasteiger partial charge in [0.1, 0.15) is 23.8 Å². The number of rotatable bonds is 6. The molecule has 3 rings (SSSR count). The molecule has 0 amide bonds. The summed E-state index contributed by atoms with van der Waals surface area (Å²) in [4.78, 5) is 0. The SMILES string of the molecule is CCc1cc(C)cc(CC)c1-n1cc[n+](-c2c(CC)cc(C)cc2CC)c1. The molecule has 2 heteroatoms. The summed E-state index contributed by atoms with van der Waals surface area (Å²) in [6, 6.07) is 9.33. The van der Waals surface area contributed by atoms with Crippen molar-refractivity contribution in [2.75, 3.05) is 0 Å². The molecule has 0 bridgehead atoms. The molecule has 0 unspecified atom stereocenters. The minimum Gasteiger partial charge on any atom is -0.201 e. The zero-order chi connectivity index (χ0) is 19.6. The van der Waals surface area contributed by atoms with E-state index in [1.807, 2.05) is 0 Å². The second kappa shape index (κ2) is 8.12. The first kappa shape index (κ1) is 19.4. The van der Waals surface area contributed by atoms with Crippen molar-refractivity contribution in [2.45, 2.75) is 67.2 Å². The molecule has 1 aromatic heterocycles. The molecular weight excluding hydrogens is 328 g/mol. The van der Waals surface area contributed by atoms with E-state index >= 15 is 0 Å². The largest absolute Gasteiger partial charge is 0.254 e. The maximum Gasteiger partial charge on any atom is 0.254 e. The minimum atomic E-state index is 1.05. The molecule has 0 N–H and O–H groups in total. The van der Waals surface area contributed by atoms with Gasteiger partial charge in [0.05, 0.1) is 0 Å². The van der Waals surface area contributed by atoms with Crippen LogP contribution in [0.4, 0.5) is 0 Å². The van der Waals surface area contributed by atoms with Crippen LogP contribution in [0.15, 0.2) is 43.0 Å². The van der Waals surface area contributed by atoms with E-state index in [1.54, 1.807) is 0 Å². The van der Waals surface area contributed by atoms with Gasteiger partial charge in [0.25, 0.3) is 6.33 Å². The number of aromatic nitrogens is 2. The predicted molar refractivity (Wildman–Crippen MR) is 114 cm³/mol. The van der Waals surface area contributed by atoms with Gasteiger partial charge in [-0.25, -0.2) is 9.13 Å². The lowest BCUT2D eigenvalue weighted by molar-refractivity contribution is -0.595. The Hall–Kier alpha value is -2.35. The zero-order valence-electron chi connectivity index (χ0n) is 17.8. The summed E-state index contributed by atoms with van der Waals surface area (Å²) < 4.78 is 4.63. The lowest BCUT2D eigenvalue weighted by Gasteiger charge is -2.12. The molecule has 0 atom stereocenters. The fourth-order valence-corrected chi connectivity index (χ4v) is 4.23. The quantitative estimate of drug-likeness (QED) is 0.504. The monoisotopic (exact) mass is 361 g/mol. The summed E-state index contributed by atoms with van der Waals surface area (Å²) in [5.41, 5.74) is 11.1. The first-order valence-electron chi connectivity index (χ1n) is 10.4. The van der Waals surface area contributed by atoms with Crippen molar-refractivity contribution in [3.63, 3.8) is 0 Å². The lowest BCUT2D eigenvalue weighted by atomic mass is 9.99. The topological polar surface area (TPSA) is 8.81 Å². The van der Waals surface area contributed by atoms with E-state index in [2.05, 4.69) is 93.7 Å². The third-order valence-electron chi connectivity index (χ3n) is 5.50. The summed E-state index contributed by atoms with van der Waals surface area (Å²) in [6.07, 6.45) is 10.9. The summed E-state index contributed by atoms with van der Waals surface area (Å²) in [7, 11) is 0. The molecule has 0 fully saturated rings. The van der Waals surface area contributed by atoms with E-state index in [0.717, 1.165) is 25.7 Å². The van der Waals surface area contributed by atoms with Crippen LogP contribution in [0.2, 0.25) is 0 Å². The molecule has 2 nitrogen and oxygen atoms in total. The fraction of sp³-hybridized carbons (Fsp3) is 0.400. The summed E-state index contributed by atoms with van der Waals surface area (Å²) in [5, 5.41) is 0. The van der Waals surface area contributed by atoms with Gasteiger partial charge in [-0.1, -0.05) is 63.1 Å². The Bertz CT molecular complexity index is 821. The van der Waals surface area contributed by atoms with E-state index < -0.39 is 0 Å². The van der Waals surface area contributed by atoms with Gasteiger partial charge in [-0.3, -0.25) is 0 Å². The smallest absolute Gasteiger partial charge is 0.201 e. The minimum absolute atomic E-state index is 1.05. The van der Waals surface area contributed by atoms with Gasteiger partial charge in [0.2, 0.25) is 0 Å². The number of benzene rings is 2.